The van der Waals surface area contributed by atoms with E-state index in [0.717, 1.165) is 25.7 Å². The normalized spacial score (nSPS) is 13.0. The molecule has 3 rings (SSSR count). The van der Waals surface area contributed by atoms with Crippen molar-refractivity contribution in [1.29, 1.82) is 0 Å². The lowest BCUT2D eigenvalue weighted by molar-refractivity contribution is 0.933. The summed E-state index contributed by atoms with van der Waals surface area (Å²) in [6.45, 7) is 4.52. The van der Waals surface area contributed by atoms with Gasteiger partial charge in [-0.3, -0.25) is 0 Å². The van der Waals surface area contributed by atoms with Crippen molar-refractivity contribution in [3.8, 4) is 0 Å². The molecule has 2 aromatic carbocycles. The third-order valence-electron chi connectivity index (χ3n) is 4.24. The highest BCUT2D eigenvalue weighted by atomic mass is 14.2. The highest BCUT2D eigenvalue weighted by molar-refractivity contribution is 5.50. The molecule has 0 aromatic heterocycles. The van der Waals surface area contributed by atoms with Crippen molar-refractivity contribution in [2.45, 2.75) is 39.5 Å². The van der Waals surface area contributed by atoms with E-state index in [9.17, 15) is 0 Å². The van der Waals surface area contributed by atoms with Crippen molar-refractivity contribution in [2.75, 3.05) is 0 Å². The average Bonchev–Trinajstić information content (AvgIpc) is 2.43. The monoisotopic (exact) mass is 236 g/mol. The molecule has 0 aliphatic heterocycles. The van der Waals surface area contributed by atoms with E-state index >= 15 is 0 Å². The molecule has 2 aromatic rings. The summed E-state index contributed by atoms with van der Waals surface area (Å²) in [4.78, 5) is 0. The topological polar surface area (TPSA) is 0 Å². The van der Waals surface area contributed by atoms with Crippen molar-refractivity contribution in [3.63, 3.8) is 0 Å². The number of fused-ring (bicyclic) bond motifs is 2. The molecule has 0 bridgehead atoms. The Kier molecular flexibility index (Phi) is 2.95. The summed E-state index contributed by atoms with van der Waals surface area (Å²) in [5, 5.41) is 0. The van der Waals surface area contributed by atoms with Crippen LogP contribution in [0.1, 0.15) is 47.2 Å². The minimum absolute atomic E-state index is 1.13. The highest BCUT2D eigenvalue weighted by Gasteiger charge is 2.18. The second kappa shape index (κ2) is 4.61. The molecule has 92 valence electrons. The minimum Gasteiger partial charge on any atom is -0.0617 e. The number of hydrogen-bond acceptors (Lipinski definition) is 0. The fraction of sp³-hybridized carbons (Fsp3) is 0.333. The van der Waals surface area contributed by atoms with Gasteiger partial charge in [0.1, 0.15) is 0 Å². The van der Waals surface area contributed by atoms with E-state index in [1.54, 1.807) is 22.3 Å². The van der Waals surface area contributed by atoms with Gasteiger partial charge >= 0.3 is 0 Å². The van der Waals surface area contributed by atoms with Gasteiger partial charge < -0.3 is 0 Å². The van der Waals surface area contributed by atoms with Gasteiger partial charge in [-0.05, 0) is 59.1 Å². The van der Waals surface area contributed by atoms with E-state index in [0.29, 0.717) is 0 Å². The molecule has 1 aliphatic rings. The first-order valence-electron chi connectivity index (χ1n) is 7.02. The summed E-state index contributed by atoms with van der Waals surface area (Å²) >= 11 is 0. The lowest BCUT2D eigenvalue weighted by atomic mass is 9.81. The molecule has 0 heterocycles. The van der Waals surface area contributed by atoms with Crippen molar-refractivity contribution >= 4 is 0 Å². The maximum Gasteiger partial charge on any atom is -0.00172 e. The van der Waals surface area contributed by atoms with Crippen LogP contribution in [0, 0.1) is 0 Å². The Morgan fingerprint density at radius 2 is 1.17 bits per heavy atom. The maximum atomic E-state index is 2.31. The van der Waals surface area contributed by atoms with Crippen LogP contribution in [0.4, 0.5) is 0 Å². The van der Waals surface area contributed by atoms with E-state index in [2.05, 4.69) is 50.2 Å². The van der Waals surface area contributed by atoms with Gasteiger partial charge in [0.05, 0.1) is 0 Å². The molecule has 0 N–H and O–H groups in total. The predicted octanol–water partition coefficient (Wildman–Crippen LogP) is 4.31. The van der Waals surface area contributed by atoms with Crippen LogP contribution in [-0.2, 0) is 25.7 Å². The first kappa shape index (κ1) is 11.5. The molecule has 1 aliphatic carbocycles. The molecule has 0 fully saturated rings. The fourth-order valence-electron chi connectivity index (χ4n) is 3.20. The smallest absolute Gasteiger partial charge is 0.00172 e. The SMILES string of the molecule is CCc1cccc2c1Cc1cccc(CC)c1C2. The van der Waals surface area contributed by atoms with Crippen LogP contribution in [0.5, 0.6) is 0 Å². The zero-order valence-electron chi connectivity index (χ0n) is 11.3. The highest BCUT2D eigenvalue weighted by Crippen LogP contribution is 2.31. The Bertz CT molecular complexity index is 525. The Morgan fingerprint density at radius 1 is 0.722 bits per heavy atom. The summed E-state index contributed by atoms with van der Waals surface area (Å²) < 4.78 is 0. The molecule has 0 spiro atoms. The van der Waals surface area contributed by atoms with Crippen LogP contribution in [-0.4, -0.2) is 0 Å². The lowest BCUT2D eigenvalue weighted by Crippen LogP contribution is -2.11. The number of hydrogen-bond donors (Lipinski definition) is 0. The van der Waals surface area contributed by atoms with Gasteiger partial charge in [-0.1, -0.05) is 50.2 Å². The molecule has 0 saturated carbocycles. The molecular weight excluding hydrogens is 216 g/mol. The number of aryl methyl sites for hydroxylation is 2. The standard InChI is InChI=1S/C18H20/c1-3-13-7-5-9-15-12-18-14(4-2)8-6-10-16(18)11-17(13)15/h5-10H,3-4,11-12H2,1-2H3. The zero-order chi connectivity index (χ0) is 12.5. The summed E-state index contributed by atoms with van der Waals surface area (Å²) in [6.07, 6.45) is 4.54. The molecular formula is C18H20. The van der Waals surface area contributed by atoms with Crippen LogP contribution in [0.2, 0.25) is 0 Å². The molecule has 0 radical (unpaired) electrons. The Morgan fingerprint density at radius 3 is 1.56 bits per heavy atom. The van der Waals surface area contributed by atoms with E-state index in [4.69, 9.17) is 0 Å². The Balaban J connectivity index is 2.11. The zero-order valence-corrected chi connectivity index (χ0v) is 11.3. The van der Waals surface area contributed by atoms with Crippen LogP contribution >= 0.6 is 0 Å². The third-order valence-corrected chi connectivity index (χ3v) is 4.24. The predicted molar refractivity (Wildman–Crippen MR) is 77.3 cm³/mol. The molecule has 0 unspecified atom stereocenters. The van der Waals surface area contributed by atoms with Crippen molar-refractivity contribution in [2.24, 2.45) is 0 Å². The van der Waals surface area contributed by atoms with E-state index in [-0.39, 0.29) is 0 Å². The Labute approximate surface area is 110 Å². The minimum atomic E-state index is 1.13. The molecule has 0 atom stereocenters. The van der Waals surface area contributed by atoms with Crippen LogP contribution in [0.15, 0.2) is 36.4 Å². The summed E-state index contributed by atoms with van der Waals surface area (Å²) in [5.41, 5.74) is 9.31. The van der Waals surface area contributed by atoms with Gasteiger partial charge in [-0.2, -0.15) is 0 Å². The molecule has 0 heteroatoms. The van der Waals surface area contributed by atoms with E-state index in [1.807, 2.05) is 0 Å². The fourth-order valence-corrected chi connectivity index (χ4v) is 3.20. The largest absolute Gasteiger partial charge is 0.0617 e. The van der Waals surface area contributed by atoms with Gasteiger partial charge in [0, 0.05) is 0 Å². The number of rotatable bonds is 2. The van der Waals surface area contributed by atoms with E-state index < -0.39 is 0 Å². The quantitative estimate of drug-likeness (QED) is 0.622. The second-order valence-electron chi connectivity index (χ2n) is 5.17. The summed E-state index contributed by atoms with van der Waals surface area (Å²) in [6, 6.07) is 13.6. The first-order chi connectivity index (χ1) is 8.83. The van der Waals surface area contributed by atoms with Gasteiger partial charge in [0.2, 0.25) is 0 Å². The summed E-state index contributed by atoms with van der Waals surface area (Å²) in [5.74, 6) is 0. The van der Waals surface area contributed by atoms with Crippen molar-refractivity contribution < 1.29 is 0 Å². The average molecular weight is 236 g/mol. The van der Waals surface area contributed by atoms with Gasteiger partial charge in [-0.25, -0.2) is 0 Å². The van der Waals surface area contributed by atoms with Crippen LogP contribution < -0.4 is 0 Å². The number of benzene rings is 2. The second-order valence-corrected chi connectivity index (χ2v) is 5.17. The molecule has 18 heavy (non-hydrogen) atoms. The van der Waals surface area contributed by atoms with Gasteiger partial charge in [0.25, 0.3) is 0 Å². The first-order valence-corrected chi connectivity index (χ1v) is 7.02. The van der Waals surface area contributed by atoms with Crippen LogP contribution in [0.25, 0.3) is 0 Å². The van der Waals surface area contributed by atoms with E-state index in [1.165, 1.54) is 11.1 Å². The molecule has 0 amide bonds. The maximum absolute atomic E-state index is 2.31. The van der Waals surface area contributed by atoms with Crippen LogP contribution in [0.3, 0.4) is 0 Å². The molecule has 0 nitrogen and oxygen atoms in total. The van der Waals surface area contributed by atoms with Gasteiger partial charge in [0.15, 0.2) is 0 Å². The van der Waals surface area contributed by atoms with Crippen molar-refractivity contribution in [1.82, 2.24) is 0 Å². The third kappa shape index (κ3) is 1.77. The Hall–Kier alpha value is -1.56. The van der Waals surface area contributed by atoms with Crippen molar-refractivity contribution in [3.05, 3.63) is 69.8 Å². The lowest BCUT2D eigenvalue weighted by Gasteiger charge is -2.24. The summed E-state index contributed by atoms with van der Waals surface area (Å²) in [7, 11) is 0. The molecule has 0 saturated heterocycles. The van der Waals surface area contributed by atoms with Gasteiger partial charge in [-0.15, -0.1) is 0 Å².